The van der Waals surface area contributed by atoms with Crippen molar-refractivity contribution in [3.05, 3.63) is 0 Å². The van der Waals surface area contributed by atoms with Crippen LogP contribution in [-0.2, 0) is 22.3 Å². The second-order valence-corrected chi connectivity index (χ2v) is 5.62. The molecule has 0 saturated carbocycles. The minimum Gasteiger partial charge on any atom is -0.790 e. The molecule has 0 aromatic heterocycles. The summed E-state index contributed by atoms with van der Waals surface area (Å²) in [4.78, 5) is 45.3. The second kappa shape index (κ2) is 11.8. The Morgan fingerprint density at radius 3 is 1.31 bits per heavy atom. The molecule has 0 aliphatic rings. The Kier molecular flexibility index (Phi) is 21.7. The zero-order chi connectivity index (χ0) is 10.9. The number of hydrogen-bond acceptors (Lipinski definition) is 8. The summed E-state index contributed by atoms with van der Waals surface area (Å²) < 4.78 is 35.3. The number of hydrogen-bond donors (Lipinski definition) is 2. The van der Waals surface area contributed by atoms with Crippen LogP contribution >= 0.6 is 23.5 Å². The molecule has 2 N–H and O–H groups in total. The quantitative estimate of drug-likeness (QED) is 0.355. The van der Waals surface area contributed by atoms with Gasteiger partial charge in [0.15, 0.2) is 0 Å². The fourth-order valence-corrected chi connectivity index (χ4v) is 2.68. The van der Waals surface area contributed by atoms with Gasteiger partial charge in [0.05, 0.1) is 7.82 Å². The summed E-state index contributed by atoms with van der Waals surface area (Å²) in [6.07, 6.45) is 0. The van der Waals surface area contributed by atoms with Gasteiger partial charge >= 0.3 is 162 Å². The van der Waals surface area contributed by atoms with Crippen molar-refractivity contribution in [3.8, 4) is 0 Å². The van der Waals surface area contributed by atoms with E-state index in [-0.39, 0.29) is 154 Å². The maximum Gasteiger partial charge on any atom is 1.00 e. The van der Waals surface area contributed by atoms with Crippen LogP contribution in [0.4, 0.5) is 0 Å². The maximum absolute atomic E-state index is 10.2. The topological polar surface area (TPSA) is 179 Å². The Morgan fingerprint density at radius 1 is 0.812 bits per heavy atom. The molecule has 0 fully saturated rings. The van der Waals surface area contributed by atoms with E-state index in [0.29, 0.717) is 0 Å². The van der Waals surface area contributed by atoms with Crippen molar-refractivity contribution in [2.75, 3.05) is 0 Å². The van der Waals surface area contributed by atoms with E-state index >= 15 is 0 Å². The van der Waals surface area contributed by atoms with Crippen LogP contribution in [0, 0.1) is 0 Å². The molecule has 0 aromatic carbocycles. The smallest absolute Gasteiger partial charge is 0.790 e. The molecule has 0 heterocycles. The predicted molar refractivity (Wildman–Crippen MR) is 29.4 cm³/mol. The molecule has 0 radical (unpaired) electrons. The Morgan fingerprint density at radius 2 is 1.12 bits per heavy atom. The van der Waals surface area contributed by atoms with Gasteiger partial charge in [0, 0.05) is 0 Å². The van der Waals surface area contributed by atoms with Gasteiger partial charge in [-0.15, -0.1) is 0 Å². The first kappa shape index (κ1) is 29.3. The van der Waals surface area contributed by atoms with Crippen molar-refractivity contribution < 1.29 is 201 Å². The van der Waals surface area contributed by atoms with E-state index in [1.807, 2.05) is 0 Å². The van der Waals surface area contributed by atoms with Gasteiger partial charge in [0.25, 0.3) is 7.82 Å². The molecule has 1 atom stereocenters. The maximum atomic E-state index is 10.2. The van der Waals surface area contributed by atoms with Crippen molar-refractivity contribution >= 4 is 23.5 Å². The van der Waals surface area contributed by atoms with Crippen LogP contribution in [0.25, 0.3) is 0 Å². The average Bonchev–Trinajstić information content (AvgIpc) is 1.43. The van der Waals surface area contributed by atoms with Gasteiger partial charge in [0.2, 0.25) is 0 Å². The minimum atomic E-state index is -5.92. The molecular weight excluding hydrogens is 370 g/mol. The molecule has 0 rings (SSSR count). The van der Waals surface area contributed by atoms with Crippen molar-refractivity contribution in [2.45, 2.75) is 0 Å². The summed E-state index contributed by atoms with van der Waals surface area (Å²) in [7, 11) is -17.2. The molecule has 0 aliphatic carbocycles. The van der Waals surface area contributed by atoms with E-state index in [9.17, 15) is 28.4 Å². The molecule has 1 unspecified atom stereocenters. The van der Waals surface area contributed by atoms with Gasteiger partial charge < -0.3 is 29.0 Å². The van der Waals surface area contributed by atoms with Crippen LogP contribution in [0.1, 0.15) is 0 Å². The third-order valence-corrected chi connectivity index (χ3v) is 3.66. The van der Waals surface area contributed by atoms with Crippen LogP contribution in [-0.4, -0.2) is 9.79 Å². The van der Waals surface area contributed by atoms with Crippen molar-refractivity contribution in [3.63, 3.8) is 0 Å². The Balaban J connectivity index is -0.000000240. The number of phosphoric acid groups is 3. The first-order valence-corrected chi connectivity index (χ1v) is 6.68. The molecule has 0 aliphatic heterocycles. The van der Waals surface area contributed by atoms with E-state index < -0.39 is 23.5 Å². The van der Waals surface area contributed by atoms with Gasteiger partial charge in [-0.2, -0.15) is 0 Å². The number of rotatable bonds is 4. The van der Waals surface area contributed by atoms with Crippen molar-refractivity contribution in [1.82, 2.24) is 0 Å². The molecule has 0 spiro atoms. The summed E-state index contributed by atoms with van der Waals surface area (Å²) in [6, 6.07) is 0. The Labute approximate surface area is 218 Å². The summed E-state index contributed by atoms with van der Waals surface area (Å²) in [6.45, 7) is 0. The first-order chi connectivity index (χ1) is 5.41. The molecule has 0 saturated heterocycles. The fraction of sp³-hybridized carbons (Fsp3) is 0. The monoisotopic (exact) mass is 372 g/mol. The van der Waals surface area contributed by atoms with Gasteiger partial charge in [-0.3, -0.25) is 8.88 Å². The van der Waals surface area contributed by atoms with Crippen LogP contribution < -0.4 is 169 Å². The molecule has 0 amide bonds. The zero-order valence-corrected chi connectivity index (χ0v) is 20.6. The van der Waals surface area contributed by atoms with Crippen molar-refractivity contribution in [1.29, 1.82) is 0 Å². The molecule has 16 heteroatoms. The van der Waals surface area contributed by atoms with Crippen LogP contribution in [0.15, 0.2) is 0 Å². The molecule has 10 nitrogen and oxygen atoms in total. The summed E-state index contributed by atoms with van der Waals surface area (Å²) in [5.74, 6) is 0. The molecule has 0 aromatic rings. The Bertz CT molecular complexity index is 283. The van der Waals surface area contributed by atoms with E-state index in [4.69, 9.17) is 9.79 Å². The first-order valence-electron chi connectivity index (χ1n) is 2.23. The third kappa shape index (κ3) is 21.6. The van der Waals surface area contributed by atoms with Gasteiger partial charge in [-0.25, -0.2) is 8.88 Å². The van der Waals surface area contributed by atoms with Crippen molar-refractivity contribution in [2.24, 2.45) is 0 Å². The summed E-state index contributed by atoms with van der Waals surface area (Å²) >= 11 is 0. The minimum absolute atomic E-state index is 0. The van der Waals surface area contributed by atoms with Gasteiger partial charge in [-0.1, -0.05) is 0 Å². The van der Waals surface area contributed by atoms with E-state index in [0.717, 1.165) is 0 Å². The van der Waals surface area contributed by atoms with Gasteiger partial charge in [-0.05, 0) is 0 Å². The van der Waals surface area contributed by atoms with Gasteiger partial charge in [0.1, 0.15) is 0 Å². The van der Waals surface area contributed by atoms with E-state index in [1.165, 1.54) is 0 Å². The largest absolute Gasteiger partial charge is 1.00 e. The van der Waals surface area contributed by atoms with E-state index in [1.54, 1.807) is 0 Å². The van der Waals surface area contributed by atoms with Crippen LogP contribution in [0.2, 0.25) is 0 Å². The van der Waals surface area contributed by atoms with Crippen LogP contribution in [0.3, 0.4) is 0 Å². The zero-order valence-electron chi connectivity index (χ0n) is 8.50. The van der Waals surface area contributed by atoms with Crippen LogP contribution in [0.5, 0.6) is 0 Å². The fourth-order valence-electron chi connectivity index (χ4n) is 0.268. The molecular formula is H2K3O10P3. The predicted octanol–water partition coefficient (Wildman–Crippen LogP) is -11.6. The van der Waals surface area contributed by atoms with E-state index in [2.05, 4.69) is 8.62 Å². The summed E-state index contributed by atoms with van der Waals surface area (Å²) in [5.41, 5.74) is 0. The summed E-state index contributed by atoms with van der Waals surface area (Å²) in [5, 5.41) is 0. The second-order valence-electron chi connectivity index (χ2n) is 1.55. The average molecular weight is 372 g/mol. The molecule has 80 valence electrons. The third-order valence-electron chi connectivity index (χ3n) is 0.406. The standard InChI is InChI=1S/3K.H5O10P3/c;;;1-11(2,3)9-13(7,8)10-12(4,5)6/h;;;(H,7,8)(H2,1,2,3)(H2,4,5,6)/q3*+1;/p-3. The molecule has 16 heavy (non-hydrogen) atoms. The molecule has 0 bridgehead atoms. The SMILES string of the molecule is O=P([O-])([O-])OP(=O)([O-])OP(=O)(O)O.[K+].[K+].[K+]. The normalized spacial score (nSPS) is 14.8. The Hall–Kier alpha value is 5.32.